The number of aliphatic hydroxyl groups excluding tert-OH is 2. The Morgan fingerprint density at radius 1 is 1.50 bits per heavy atom. The van der Waals surface area contributed by atoms with Gasteiger partial charge in [0.15, 0.2) is 5.78 Å². The van der Waals surface area contributed by atoms with Crippen molar-refractivity contribution in [3.05, 3.63) is 23.9 Å². The van der Waals surface area contributed by atoms with Crippen LogP contribution in [0.2, 0.25) is 0 Å². The van der Waals surface area contributed by atoms with Gasteiger partial charge in [-0.2, -0.15) is 0 Å². The number of hydrogen-bond donors (Lipinski definition) is 5. The standard InChI is InChI=1S/C11H16N2O5/c1-11(3-2-5(14)4-6(11)12)9(16)8(15)7(13)10(17)18/h2-5,7-8,14-15H,12-13H2,1H3,(H,17,18)/t5?,7?,8-,11?/m1/s1. The molecular formula is C11H16N2O5. The van der Waals surface area contributed by atoms with E-state index in [9.17, 15) is 19.8 Å². The minimum atomic E-state index is -1.88. The van der Waals surface area contributed by atoms with Crippen LogP contribution in [0.3, 0.4) is 0 Å². The van der Waals surface area contributed by atoms with Crippen LogP contribution in [0.5, 0.6) is 0 Å². The predicted octanol–water partition coefficient (Wildman–Crippen LogP) is -1.89. The van der Waals surface area contributed by atoms with Crippen LogP contribution >= 0.6 is 0 Å². The lowest BCUT2D eigenvalue weighted by molar-refractivity contribution is -0.147. The molecule has 1 aliphatic carbocycles. The summed E-state index contributed by atoms with van der Waals surface area (Å²) in [5, 5.41) is 27.6. The fourth-order valence-electron chi connectivity index (χ4n) is 1.63. The second kappa shape index (κ2) is 4.89. The highest BCUT2D eigenvalue weighted by molar-refractivity contribution is 5.97. The number of carboxylic acids is 1. The molecule has 0 fully saturated rings. The van der Waals surface area contributed by atoms with Gasteiger partial charge >= 0.3 is 5.97 Å². The minimum Gasteiger partial charge on any atom is -0.480 e. The van der Waals surface area contributed by atoms with Gasteiger partial charge in [0.2, 0.25) is 0 Å². The Hall–Kier alpha value is -1.70. The van der Waals surface area contributed by atoms with Crippen molar-refractivity contribution in [3.8, 4) is 0 Å². The SMILES string of the molecule is CC1(C(=O)[C@H](O)C(N)C(=O)O)C=CC(O)C=C1N. The van der Waals surface area contributed by atoms with Gasteiger partial charge in [-0.1, -0.05) is 12.2 Å². The van der Waals surface area contributed by atoms with E-state index in [1.807, 2.05) is 0 Å². The van der Waals surface area contributed by atoms with Crippen molar-refractivity contribution >= 4 is 11.8 Å². The molecule has 0 aromatic carbocycles. The first-order chi connectivity index (χ1) is 8.20. The highest BCUT2D eigenvalue weighted by Gasteiger charge is 2.42. The van der Waals surface area contributed by atoms with Gasteiger partial charge in [0.25, 0.3) is 0 Å². The number of ketones is 1. The second-order valence-corrected chi connectivity index (χ2v) is 4.35. The first-order valence-electron chi connectivity index (χ1n) is 5.26. The van der Waals surface area contributed by atoms with Gasteiger partial charge in [-0.15, -0.1) is 0 Å². The summed E-state index contributed by atoms with van der Waals surface area (Å²) in [6.07, 6.45) is 1.12. The van der Waals surface area contributed by atoms with E-state index in [-0.39, 0.29) is 5.70 Å². The largest absolute Gasteiger partial charge is 0.480 e. The van der Waals surface area contributed by atoms with Gasteiger partial charge in [0, 0.05) is 5.70 Å². The third kappa shape index (κ3) is 2.42. The van der Waals surface area contributed by atoms with E-state index in [4.69, 9.17) is 16.6 Å². The number of Topliss-reactive ketones (excluding diaryl/α,β-unsaturated/α-hetero) is 1. The van der Waals surface area contributed by atoms with Crippen molar-refractivity contribution < 1.29 is 24.9 Å². The van der Waals surface area contributed by atoms with E-state index in [0.717, 1.165) is 0 Å². The Balaban J connectivity index is 3.00. The van der Waals surface area contributed by atoms with E-state index in [1.54, 1.807) is 0 Å². The van der Waals surface area contributed by atoms with E-state index in [2.05, 4.69) is 0 Å². The average molecular weight is 256 g/mol. The Labute approximate surface area is 103 Å². The van der Waals surface area contributed by atoms with Gasteiger partial charge in [-0.3, -0.25) is 9.59 Å². The number of allylic oxidation sites excluding steroid dienone is 1. The summed E-state index contributed by atoms with van der Waals surface area (Å²) >= 11 is 0. The Kier molecular flexibility index (Phi) is 3.90. The normalized spacial score (nSPS) is 30.4. The van der Waals surface area contributed by atoms with Gasteiger partial charge in [0.1, 0.15) is 12.1 Å². The molecule has 0 radical (unpaired) electrons. The lowest BCUT2D eigenvalue weighted by Crippen LogP contribution is -2.52. The van der Waals surface area contributed by atoms with Crippen LogP contribution in [0.4, 0.5) is 0 Å². The van der Waals surface area contributed by atoms with Crippen LogP contribution in [0.15, 0.2) is 23.9 Å². The quantitative estimate of drug-likeness (QED) is 0.369. The highest BCUT2D eigenvalue weighted by Crippen LogP contribution is 2.32. The van der Waals surface area contributed by atoms with Crippen LogP contribution in [-0.2, 0) is 9.59 Å². The smallest absolute Gasteiger partial charge is 0.323 e. The Morgan fingerprint density at radius 3 is 2.50 bits per heavy atom. The lowest BCUT2D eigenvalue weighted by atomic mass is 9.75. The fourth-order valence-corrected chi connectivity index (χ4v) is 1.63. The molecule has 7 nitrogen and oxygen atoms in total. The molecule has 0 spiro atoms. The lowest BCUT2D eigenvalue weighted by Gasteiger charge is -2.31. The van der Waals surface area contributed by atoms with Crippen LogP contribution in [0.1, 0.15) is 6.92 Å². The first kappa shape index (κ1) is 14.4. The third-order valence-corrected chi connectivity index (χ3v) is 2.98. The van der Waals surface area contributed by atoms with E-state index in [0.29, 0.717) is 0 Å². The molecule has 1 rings (SSSR count). The monoisotopic (exact) mass is 256 g/mol. The molecule has 0 saturated heterocycles. The van der Waals surface area contributed by atoms with Gasteiger partial charge in [-0.05, 0) is 13.0 Å². The molecule has 0 aromatic heterocycles. The van der Waals surface area contributed by atoms with E-state index < -0.39 is 35.4 Å². The summed E-state index contributed by atoms with van der Waals surface area (Å²) in [5.41, 5.74) is 9.51. The van der Waals surface area contributed by atoms with Crippen LogP contribution in [-0.4, -0.2) is 45.3 Å². The molecule has 0 aliphatic heterocycles. The molecular weight excluding hydrogens is 240 g/mol. The molecule has 7 heteroatoms. The number of aliphatic carboxylic acids is 1. The maximum Gasteiger partial charge on any atom is 0.323 e. The highest BCUT2D eigenvalue weighted by atomic mass is 16.4. The molecule has 7 N–H and O–H groups in total. The van der Waals surface area contributed by atoms with Crippen LogP contribution in [0, 0.1) is 5.41 Å². The molecule has 18 heavy (non-hydrogen) atoms. The molecule has 0 saturated carbocycles. The average Bonchev–Trinajstić information content (AvgIpc) is 2.31. The molecule has 100 valence electrons. The number of hydrogen-bond acceptors (Lipinski definition) is 6. The van der Waals surface area contributed by atoms with E-state index in [1.165, 1.54) is 25.2 Å². The zero-order valence-corrected chi connectivity index (χ0v) is 9.78. The zero-order valence-electron chi connectivity index (χ0n) is 9.78. The molecule has 3 unspecified atom stereocenters. The molecule has 4 atom stereocenters. The van der Waals surface area contributed by atoms with Gasteiger partial charge < -0.3 is 26.8 Å². The van der Waals surface area contributed by atoms with Crippen molar-refractivity contribution in [2.75, 3.05) is 0 Å². The van der Waals surface area contributed by atoms with Crippen molar-refractivity contribution in [2.24, 2.45) is 16.9 Å². The molecule has 1 aliphatic rings. The molecule has 0 heterocycles. The maximum atomic E-state index is 12.0. The maximum absolute atomic E-state index is 12.0. The number of nitrogens with two attached hydrogens (primary N) is 2. The molecule has 0 aromatic rings. The van der Waals surface area contributed by atoms with Crippen molar-refractivity contribution in [2.45, 2.75) is 25.2 Å². The molecule has 0 amide bonds. The number of aliphatic hydroxyl groups is 2. The second-order valence-electron chi connectivity index (χ2n) is 4.35. The Bertz CT molecular complexity index is 431. The summed E-state index contributed by atoms with van der Waals surface area (Å²) in [6.45, 7) is 1.42. The summed E-state index contributed by atoms with van der Waals surface area (Å²) in [4.78, 5) is 22.7. The van der Waals surface area contributed by atoms with Crippen molar-refractivity contribution in [1.82, 2.24) is 0 Å². The van der Waals surface area contributed by atoms with Crippen molar-refractivity contribution in [1.29, 1.82) is 0 Å². The fraction of sp³-hybridized carbons (Fsp3) is 0.455. The minimum absolute atomic E-state index is 0.0409. The van der Waals surface area contributed by atoms with Crippen LogP contribution < -0.4 is 11.5 Å². The van der Waals surface area contributed by atoms with Gasteiger partial charge in [0.05, 0.1) is 11.5 Å². The van der Waals surface area contributed by atoms with E-state index >= 15 is 0 Å². The summed E-state index contributed by atoms with van der Waals surface area (Å²) in [5.74, 6) is -2.31. The van der Waals surface area contributed by atoms with Crippen LogP contribution in [0.25, 0.3) is 0 Å². The number of carbonyl (C=O) groups excluding carboxylic acids is 1. The summed E-state index contributed by atoms with van der Waals surface area (Å²) in [6, 6.07) is -1.72. The predicted molar refractivity (Wildman–Crippen MR) is 62.1 cm³/mol. The number of carbonyl (C=O) groups is 2. The molecule has 0 bridgehead atoms. The van der Waals surface area contributed by atoms with Crippen molar-refractivity contribution in [3.63, 3.8) is 0 Å². The number of carboxylic acid groups (broad SMARTS) is 1. The summed E-state index contributed by atoms with van der Waals surface area (Å²) < 4.78 is 0. The first-order valence-corrected chi connectivity index (χ1v) is 5.26. The topological polar surface area (TPSA) is 147 Å². The van der Waals surface area contributed by atoms with Gasteiger partial charge in [-0.25, -0.2) is 0 Å². The summed E-state index contributed by atoms with van der Waals surface area (Å²) in [7, 11) is 0. The third-order valence-electron chi connectivity index (χ3n) is 2.98. The zero-order chi connectivity index (χ0) is 14.1. The Morgan fingerprint density at radius 2 is 2.06 bits per heavy atom. The number of rotatable bonds is 4.